The summed E-state index contributed by atoms with van der Waals surface area (Å²) in [6.07, 6.45) is 5.76. The monoisotopic (exact) mass is 231 g/mol. The van der Waals surface area contributed by atoms with Crippen LogP contribution in [0, 0.1) is 6.92 Å². The van der Waals surface area contributed by atoms with Crippen LogP contribution in [0.1, 0.15) is 23.4 Å². The van der Waals surface area contributed by atoms with E-state index >= 15 is 0 Å². The van der Waals surface area contributed by atoms with Crippen LogP contribution in [0.5, 0.6) is 0 Å². The molecule has 1 fully saturated rings. The summed E-state index contributed by atoms with van der Waals surface area (Å²) in [5.74, 6) is 0. The number of nitrogens with two attached hydrogens (primary N) is 1. The fourth-order valence-corrected chi connectivity index (χ4v) is 3.07. The van der Waals surface area contributed by atoms with Gasteiger partial charge in [0, 0.05) is 22.8 Å². The average molecular weight is 231 g/mol. The minimum Gasteiger partial charge on any atom is -0.321 e. The van der Waals surface area contributed by atoms with Gasteiger partial charge in [0.2, 0.25) is 0 Å². The second-order valence-corrected chi connectivity index (χ2v) is 5.32. The number of hydrogen-bond acceptors (Lipinski definition) is 4. The van der Waals surface area contributed by atoms with Crippen LogP contribution in [0.2, 0.25) is 0 Å². The van der Waals surface area contributed by atoms with Gasteiger partial charge in [0.1, 0.15) is 5.01 Å². The number of nitrogens with zero attached hydrogens (tertiary/aromatic N) is 2. The molecule has 0 aromatic carbocycles. The Bertz CT molecular complexity index is 514. The van der Waals surface area contributed by atoms with E-state index in [0.717, 1.165) is 29.1 Å². The van der Waals surface area contributed by atoms with Gasteiger partial charge in [-0.2, -0.15) is 0 Å². The van der Waals surface area contributed by atoms with Crippen molar-refractivity contribution < 1.29 is 0 Å². The zero-order valence-electron chi connectivity index (χ0n) is 9.10. The molecule has 4 heteroatoms. The number of pyridine rings is 1. The Hall–Kier alpha value is -1.26. The highest BCUT2D eigenvalue weighted by molar-refractivity contribution is 7.15. The van der Waals surface area contributed by atoms with E-state index in [-0.39, 0.29) is 5.54 Å². The van der Waals surface area contributed by atoms with E-state index in [9.17, 15) is 0 Å². The van der Waals surface area contributed by atoms with Crippen molar-refractivity contribution in [2.75, 3.05) is 0 Å². The lowest BCUT2D eigenvalue weighted by atomic mass is 10.2. The van der Waals surface area contributed by atoms with E-state index < -0.39 is 0 Å². The van der Waals surface area contributed by atoms with Crippen molar-refractivity contribution in [3.05, 3.63) is 35.1 Å². The van der Waals surface area contributed by atoms with E-state index in [4.69, 9.17) is 5.73 Å². The third-order valence-corrected chi connectivity index (χ3v) is 4.39. The number of aromatic nitrogens is 2. The van der Waals surface area contributed by atoms with Crippen molar-refractivity contribution in [3.8, 4) is 10.6 Å². The Morgan fingerprint density at radius 1 is 1.31 bits per heavy atom. The summed E-state index contributed by atoms with van der Waals surface area (Å²) in [6, 6.07) is 3.97. The van der Waals surface area contributed by atoms with Gasteiger partial charge in [0.15, 0.2) is 0 Å². The first-order valence-electron chi connectivity index (χ1n) is 5.36. The number of rotatable bonds is 2. The summed E-state index contributed by atoms with van der Waals surface area (Å²) in [7, 11) is 0. The molecule has 2 N–H and O–H groups in total. The molecule has 2 aromatic heterocycles. The first kappa shape index (κ1) is 9.93. The summed E-state index contributed by atoms with van der Waals surface area (Å²) >= 11 is 1.72. The first-order valence-corrected chi connectivity index (χ1v) is 6.18. The Kier molecular flexibility index (Phi) is 2.09. The molecule has 16 heavy (non-hydrogen) atoms. The third kappa shape index (κ3) is 1.54. The van der Waals surface area contributed by atoms with Crippen LogP contribution < -0.4 is 5.73 Å². The van der Waals surface area contributed by atoms with Crippen molar-refractivity contribution in [3.63, 3.8) is 0 Å². The molecule has 0 radical (unpaired) electrons. The number of hydrogen-bond donors (Lipinski definition) is 1. The molecular weight excluding hydrogens is 218 g/mol. The zero-order chi connectivity index (χ0) is 11.2. The second-order valence-electron chi connectivity index (χ2n) is 4.33. The molecule has 82 valence electrons. The molecule has 0 saturated heterocycles. The van der Waals surface area contributed by atoms with Gasteiger partial charge in [0.25, 0.3) is 0 Å². The normalized spacial score (nSPS) is 17.4. The van der Waals surface area contributed by atoms with E-state index in [1.807, 2.05) is 19.1 Å². The Morgan fingerprint density at radius 2 is 2.00 bits per heavy atom. The van der Waals surface area contributed by atoms with Gasteiger partial charge in [-0.15, -0.1) is 11.3 Å². The van der Waals surface area contributed by atoms with Crippen LogP contribution in [0.15, 0.2) is 24.5 Å². The lowest BCUT2D eigenvalue weighted by Crippen LogP contribution is -2.18. The smallest absolute Gasteiger partial charge is 0.124 e. The highest BCUT2D eigenvalue weighted by Gasteiger charge is 2.43. The van der Waals surface area contributed by atoms with Gasteiger partial charge >= 0.3 is 0 Å². The van der Waals surface area contributed by atoms with Crippen LogP contribution in [0.4, 0.5) is 0 Å². The Balaban J connectivity index is 2.05. The largest absolute Gasteiger partial charge is 0.321 e. The summed E-state index contributed by atoms with van der Waals surface area (Å²) in [4.78, 5) is 9.86. The standard InChI is InChI=1S/C12H13N3S/c1-8-10(12(13)4-5-12)16-11(15-8)9-2-6-14-7-3-9/h2-3,6-7H,4-5,13H2,1H3. The van der Waals surface area contributed by atoms with Gasteiger partial charge in [-0.1, -0.05) is 0 Å². The van der Waals surface area contributed by atoms with E-state index in [2.05, 4.69) is 9.97 Å². The Morgan fingerprint density at radius 3 is 2.62 bits per heavy atom. The highest BCUT2D eigenvalue weighted by Crippen LogP contribution is 2.47. The maximum atomic E-state index is 6.22. The third-order valence-electron chi connectivity index (χ3n) is 2.96. The summed E-state index contributed by atoms with van der Waals surface area (Å²) in [6.45, 7) is 2.05. The molecular formula is C12H13N3S. The van der Waals surface area contributed by atoms with Crippen LogP contribution in [0.25, 0.3) is 10.6 Å². The predicted molar refractivity (Wildman–Crippen MR) is 65.2 cm³/mol. The molecule has 3 rings (SSSR count). The van der Waals surface area contributed by atoms with Gasteiger partial charge < -0.3 is 5.73 Å². The van der Waals surface area contributed by atoms with Crippen molar-refractivity contribution in [2.45, 2.75) is 25.3 Å². The van der Waals surface area contributed by atoms with E-state index in [1.165, 1.54) is 4.88 Å². The lowest BCUT2D eigenvalue weighted by molar-refractivity contribution is 0.748. The van der Waals surface area contributed by atoms with Gasteiger partial charge in [0.05, 0.1) is 11.2 Å². The molecule has 0 spiro atoms. The quantitative estimate of drug-likeness (QED) is 0.863. The summed E-state index contributed by atoms with van der Waals surface area (Å²) in [5, 5.41) is 1.05. The minimum atomic E-state index is -0.0764. The minimum absolute atomic E-state index is 0.0764. The predicted octanol–water partition coefficient (Wildman–Crippen LogP) is 2.46. The van der Waals surface area contributed by atoms with Gasteiger partial charge in [-0.25, -0.2) is 4.98 Å². The maximum Gasteiger partial charge on any atom is 0.124 e. The van der Waals surface area contributed by atoms with Gasteiger partial charge in [-0.05, 0) is 31.9 Å². The van der Waals surface area contributed by atoms with Crippen molar-refractivity contribution in [1.29, 1.82) is 0 Å². The van der Waals surface area contributed by atoms with Crippen LogP contribution >= 0.6 is 11.3 Å². The highest BCUT2D eigenvalue weighted by atomic mass is 32.1. The fourth-order valence-electron chi connectivity index (χ4n) is 1.84. The molecule has 1 aliphatic rings. The van der Waals surface area contributed by atoms with Crippen LogP contribution in [0.3, 0.4) is 0 Å². The molecule has 2 aromatic rings. The first-order chi connectivity index (χ1) is 7.69. The topological polar surface area (TPSA) is 51.8 Å². The summed E-state index contributed by atoms with van der Waals surface area (Å²) < 4.78 is 0. The van der Waals surface area contributed by atoms with Gasteiger partial charge in [-0.3, -0.25) is 4.98 Å². The van der Waals surface area contributed by atoms with Crippen molar-refractivity contribution in [1.82, 2.24) is 9.97 Å². The van der Waals surface area contributed by atoms with E-state index in [0.29, 0.717) is 0 Å². The maximum absolute atomic E-state index is 6.22. The molecule has 0 unspecified atom stereocenters. The molecule has 0 amide bonds. The molecule has 0 aliphatic heterocycles. The molecule has 0 bridgehead atoms. The fraction of sp³-hybridized carbons (Fsp3) is 0.333. The van der Waals surface area contributed by atoms with Crippen molar-refractivity contribution >= 4 is 11.3 Å². The zero-order valence-corrected chi connectivity index (χ0v) is 9.92. The molecule has 0 atom stereocenters. The SMILES string of the molecule is Cc1nc(-c2ccncc2)sc1C1(N)CC1. The van der Waals surface area contributed by atoms with Crippen LogP contribution in [-0.2, 0) is 5.54 Å². The molecule has 1 saturated carbocycles. The lowest BCUT2D eigenvalue weighted by Gasteiger charge is -2.04. The molecule has 1 aliphatic carbocycles. The van der Waals surface area contributed by atoms with E-state index in [1.54, 1.807) is 23.7 Å². The van der Waals surface area contributed by atoms with Crippen LogP contribution in [-0.4, -0.2) is 9.97 Å². The number of aryl methyl sites for hydroxylation is 1. The average Bonchev–Trinajstić information content (AvgIpc) is 2.91. The molecule has 3 nitrogen and oxygen atoms in total. The Labute approximate surface area is 98.4 Å². The van der Waals surface area contributed by atoms with Crippen molar-refractivity contribution in [2.24, 2.45) is 5.73 Å². The summed E-state index contributed by atoms with van der Waals surface area (Å²) in [5.41, 5.74) is 8.35. The molecule has 2 heterocycles. The number of thiazole rings is 1. The second kappa shape index (κ2) is 3.37.